The molecule has 3 aromatic rings. The number of ether oxygens (including phenoxy) is 2. The zero-order valence-electron chi connectivity index (χ0n) is 15.1. The lowest BCUT2D eigenvalue weighted by molar-refractivity contribution is 0.0940. The van der Waals surface area contributed by atoms with E-state index >= 15 is 0 Å². The molecule has 1 N–H and O–H groups in total. The van der Waals surface area contributed by atoms with Crippen LogP contribution in [0.2, 0.25) is 0 Å². The predicted octanol–water partition coefficient (Wildman–Crippen LogP) is 3.63. The second-order valence-corrected chi connectivity index (χ2v) is 7.18. The van der Waals surface area contributed by atoms with Crippen molar-refractivity contribution in [3.05, 3.63) is 53.9 Å². The Balaban J connectivity index is 1.34. The summed E-state index contributed by atoms with van der Waals surface area (Å²) >= 11 is 0. The van der Waals surface area contributed by atoms with E-state index in [0.29, 0.717) is 24.8 Å². The minimum Gasteiger partial charge on any atom is -0.486 e. The van der Waals surface area contributed by atoms with E-state index in [-0.39, 0.29) is 11.9 Å². The van der Waals surface area contributed by atoms with E-state index in [1.54, 1.807) is 0 Å². The molecule has 1 fully saturated rings. The van der Waals surface area contributed by atoms with Gasteiger partial charge in [0.25, 0.3) is 5.91 Å². The van der Waals surface area contributed by atoms with Gasteiger partial charge in [0.1, 0.15) is 13.2 Å². The number of carbonyl (C=O) groups is 1. The largest absolute Gasteiger partial charge is 0.486 e. The minimum atomic E-state index is -0.145. The SMILES string of the molecule is CC(NC(=O)c1ccc2c(c1)ncn2C1CC1)c1ccc2c(c1)OCCO2. The van der Waals surface area contributed by atoms with E-state index in [2.05, 4.69) is 14.9 Å². The number of aromatic nitrogens is 2. The van der Waals surface area contributed by atoms with Gasteiger partial charge < -0.3 is 19.4 Å². The van der Waals surface area contributed by atoms with Crippen LogP contribution in [0.25, 0.3) is 11.0 Å². The van der Waals surface area contributed by atoms with Crippen LogP contribution >= 0.6 is 0 Å². The van der Waals surface area contributed by atoms with Gasteiger partial charge in [0.05, 0.1) is 23.4 Å². The zero-order chi connectivity index (χ0) is 18.4. The molecule has 6 nitrogen and oxygen atoms in total. The van der Waals surface area contributed by atoms with Gasteiger partial charge in [-0.05, 0) is 55.7 Å². The van der Waals surface area contributed by atoms with Crippen LogP contribution in [0.3, 0.4) is 0 Å². The van der Waals surface area contributed by atoms with Crippen LogP contribution in [0.4, 0.5) is 0 Å². The third kappa shape index (κ3) is 3.01. The van der Waals surface area contributed by atoms with E-state index in [1.807, 2.05) is 49.6 Å². The van der Waals surface area contributed by atoms with Crippen molar-refractivity contribution >= 4 is 16.9 Å². The fourth-order valence-corrected chi connectivity index (χ4v) is 3.51. The monoisotopic (exact) mass is 363 g/mol. The lowest BCUT2D eigenvalue weighted by Crippen LogP contribution is -2.26. The smallest absolute Gasteiger partial charge is 0.251 e. The summed E-state index contributed by atoms with van der Waals surface area (Å²) in [4.78, 5) is 17.2. The molecule has 27 heavy (non-hydrogen) atoms. The maximum absolute atomic E-state index is 12.7. The van der Waals surface area contributed by atoms with Crippen molar-refractivity contribution in [3.8, 4) is 11.5 Å². The molecule has 0 bridgehead atoms. The Labute approximate surface area is 157 Å². The highest BCUT2D eigenvalue weighted by atomic mass is 16.6. The van der Waals surface area contributed by atoms with Gasteiger partial charge in [-0.3, -0.25) is 4.79 Å². The number of amides is 1. The molecular formula is C21H21N3O3. The van der Waals surface area contributed by atoms with Crippen molar-refractivity contribution in [1.82, 2.24) is 14.9 Å². The Morgan fingerprint density at radius 1 is 1.15 bits per heavy atom. The van der Waals surface area contributed by atoms with Gasteiger partial charge in [-0.15, -0.1) is 0 Å². The molecule has 2 heterocycles. The van der Waals surface area contributed by atoms with Gasteiger partial charge in [-0.2, -0.15) is 0 Å². The van der Waals surface area contributed by atoms with Gasteiger partial charge in [0, 0.05) is 11.6 Å². The molecule has 138 valence electrons. The zero-order valence-corrected chi connectivity index (χ0v) is 15.1. The van der Waals surface area contributed by atoms with Crippen LogP contribution in [0.5, 0.6) is 11.5 Å². The molecule has 1 saturated carbocycles. The Kier molecular flexibility index (Phi) is 3.77. The van der Waals surface area contributed by atoms with Crippen LogP contribution in [-0.4, -0.2) is 28.7 Å². The third-order valence-electron chi connectivity index (χ3n) is 5.19. The molecule has 0 spiro atoms. The summed E-state index contributed by atoms with van der Waals surface area (Å²) in [7, 11) is 0. The Morgan fingerprint density at radius 3 is 2.78 bits per heavy atom. The van der Waals surface area contributed by atoms with Gasteiger partial charge in [0.15, 0.2) is 11.5 Å². The Hall–Kier alpha value is -3.02. The number of fused-ring (bicyclic) bond motifs is 2. The Morgan fingerprint density at radius 2 is 1.96 bits per heavy atom. The van der Waals surface area contributed by atoms with Crippen LogP contribution in [0, 0.1) is 0 Å². The summed E-state index contributed by atoms with van der Waals surface area (Å²) in [6.45, 7) is 3.08. The second-order valence-electron chi connectivity index (χ2n) is 7.18. The number of carbonyl (C=O) groups excluding carboxylic acids is 1. The third-order valence-corrected chi connectivity index (χ3v) is 5.19. The number of nitrogens with one attached hydrogen (secondary N) is 1. The quantitative estimate of drug-likeness (QED) is 0.769. The van der Waals surface area contributed by atoms with Crippen molar-refractivity contribution in [1.29, 1.82) is 0 Å². The Bertz CT molecular complexity index is 1020. The first-order valence-electron chi connectivity index (χ1n) is 9.36. The molecule has 0 saturated heterocycles. The molecule has 1 amide bonds. The summed E-state index contributed by atoms with van der Waals surface area (Å²) in [5.74, 6) is 1.37. The topological polar surface area (TPSA) is 65.4 Å². The van der Waals surface area contributed by atoms with Crippen molar-refractivity contribution in [2.45, 2.75) is 31.8 Å². The molecule has 1 aromatic heterocycles. The molecule has 2 aromatic carbocycles. The molecule has 5 rings (SSSR count). The summed E-state index contributed by atoms with van der Waals surface area (Å²) in [5.41, 5.74) is 3.55. The maximum Gasteiger partial charge on any atom is 0.251 e. The second kappa shape index (κ2) is 6.30. The maximum atomic E-state index is 12.7. The highest BCUT2D eigenvalue weighted by Gasteiger charge is 2.25. The van der Waals surface area contributed by atoms with Gasteiger partial charge >= 0.3 is 0 Å². The molecule has 6 heteroatoms. The fraction of sp³-hybridized carbons (Fsp3) is 0.333. The first-order chi connectivity index (χ1) is 13.2. The van der Waals surface area contributed by atoms with E-state index in [0.717, 1.165) is 28.1 Å². The lowest BCUT2D eigenvalue weighted by atomic mass is 10.1. The van der Waals surface area contributed by atoms with E-state index in [1.165, 1.54) is 12.8 Å². The fourth-order valence-electron chi connectivity index (χ4n) is 3.51. The van der Waals surface area contributed by atoms with Crippen molar-refractivity contribution in [3.63, 3.8) is 0 Å². The average molecular weight is 363 g/mol. The highest BCUT2D eigenvalue weighted by Crippen LogP contribution is 2.37. The number of hydrogen-bond donors (Lipinski definition) is 1. The number of rotatable bonds is 4. The summed E-state index contributed by atoms with van der Waals surface area (Å²) < 4.78 is 13.4. The molecule has 1 aliphatic heterocycles. The molecule has 1 aliphatic carbocycles. The number of nitrogens with zero attached hydrogens (tertiary/aromatic N) is 2. The van der Waals surface area contributed by atoms with Crippen molar-refractivity contribution < 1.29 is 14.3 Å². The van der Waals surface area contributed by atoms with Crippen LogP contribution in [0.1, 0.15) is 47.8 Å². The van der Waals surface area contributed by atoms with Gasteiger partial charge in [-0.25, -0.2) is 4.98 Å². The molecule has 1 unspecified atom stereocenters. The van der Waals surface area contributed by atoms with Crippen molar-refractivity contribution in [2.24, 2.45) is 0 Å². The highest BCUT2D eigenvalue weighted by molar-refractivity contribution is 5.97. The summed E-state index contributed by atoms with van der Waals surface area (Å²) in [6.07, 6.45) is 4.29. The first kappa shape index (κ1) is 16.2. The number of hydrogen-bond acceptors (Lipinski definition) is 4. The number of benzene rings is 2. The lowest BCUT2D eigenvalue weighted by Gasteiger charge is -2.21. The predicted molar refractivity (Wildman–Crippen MR) is 101 cm³/mol. The first-order valence-corrected chi connectivity index (χ1v) is 9.36. The van der Waals surface area contributed by atoms with Crippen LogP contribution in [0.15, 0.2) is 42.7 Å². The van der Waals surface area contributed by atoms with Gasteiger partial charge in [0.2, 0.25) is 0 Å². The van der Waals surface area contributed by atoms with E-state index in [9.17, 15) is 4.79 Å². The van der Waals surface area contributed by atoms with E-state index in [4.69, 9.17) is 9.47 Å². The van der Waals surface area contributed by atoms with Crippen molar-refractivity contribution in [2.75, 3.05) is 13.2 Å². The molecular weight excluding hydrogens is 342 g/mol. The van der Waals surface area contributed by atoms with Crippen LogP contribution in [-0.2, 0) is 0 Å². The summed E-state index contributed by atoms with van der Waals surface area (Å²) in [6, 6.07) is 11.9. The molecule has 0 radical (unpaired) electrons. The standard InChI is InChI=1S/C21H21N3O3/c1-13(14-3-7-19-20(11-14)27-9-8-26-19)23-21(25)15-2-6-18-17(10-15)22-12-24(18)16-4-5-16/h2-3,6-7,10-13,16H,4-5,8-9H2,1H3,(H,23,25). The number of imidazole rings is 1. The molecule has 1 atom stereocenters. The minimum absolute atomic E-state index is 0.111. The van der Waals surface area contributed by atoms with Gasteiger partial charge in [-0.1, -0.05) is 6.07 Å². The normalized spacial score (nSPS) is 16.9. The molecule has 2 aliphatic rings. The summed E-state index contributed by atoms with van der Waals surface area (Å²) in [5, 5.41) is 3.06. The average Bonchev–Trinajstić information content (AvgIpc) is 3.46. The van der Waals surface area contributed by atoms with E-state index < -0.39 is 0 Å². The van der Waals surface area contributed by atoms with Crippen LogP contribution < -0.4 is 14.8 Å².